The van der Waals surface area contributed by atoms with E-state index in [0.29, 0.717) is 116 Å². The highest BCUT2D eigenvalue weighted by Crippen LogP contribution is 2.45. The predicted octanol–water partition coefficient (Wildman–Crippen LogP) is 9.75. The third-order valence-corrected chi connectivity index (χ3v) is 21.2. The highest BCUT2D eigenvalue weighted by molar-refractivity contribution is 5.40. The Bertz CT molecular complexity index is 2660. The number of nitrogens with one attached hydrogen (secondary N) is 6. The zero-order valence-corrected chi connectivity index (χ0v) is 64.5. The molecule has 6 saturated heterocycles. The topological polar surface area (TPSA) is 358 Å². The molecular formula is C69H120N22O9. The van der Waals surface area contributed by atoms with Crippen molar-refractivity contribution >= 4 is 35.7 Å². The quantitative estimate of drug-likeness (QED) is 0.0485. The summed E-state index contributed by atoms with van der Waals surface area (Å²) in [5.74, 6) is 1.65. The standard InChI is InChI=1S/C69H120N22O9/c1-58(2)31-43(32-59(3,4)86(58)92)73-52-76-49(79-55(82-52)98-46-37-64(13,14)89(95)65(15,16)38-46)70-25-28-85(29-26-71-50-77-53(74-44-33-60(5,6)87(93)61(7,8)34-44)83-56(80-50)99-47-39-66(17,18)90(96)67(19,20)40-47)30-27-72-51-78-54(75-45-35-62(9,10)88(94)63(11,12)36-45)84-57(81-51)100-48-41-68(21,22)91(97)69(23,24)42-48/h43-48H,25-42H2,1-24H3,(H2,70,73,76,79,82)(H2,71,74,77,80,83)(H2,72,75,78,81,84). The molecular weight excluding hydrogens is 1280 g/mol. The molecule has 0 amide bonds. The number of nitrogens with zero attached hydrogens (tertiary/aromatic N) is 16. The summed E-state index contributed by atoms with van der Waals surface area (Å²) < 4.78 is 19.9. The van der Waals surface area contributed by atoms with Crippen LogP contribution in [0.2, 0.25) is 0 Å². The number of ether oxygens (including phenoxy) is 3. The van der Waals surface area contributed by atoms with Crippen molar-refractivity contribution in [3.05, 3.63) is 0 Å². The Kier molecular flexibility index (Phi) is 22.3. The monoisotopic (exact) mass is 1400 g/mol. The smallest absolute Gasteiger partial charge is 0.323 e. The highest BCUT2D eigenvalue weighted by Gasteiger charge is 2.53. The van der Waals surface area contributed by atoms with E-state index in [2.05, 4.69) is 36.8 Å². The van der Waals surface area contributed by atoms with Crippen LogP contribution in [0, 0.1) is 0 Å². The molecule has 0 aromatic carbocycles. The summed E-state index contributed by atoms with van der Waals surface area (Å²) >= 11 is 0. The van der Waals surface area contributed by atoms with Gasteiger partial charge in [-0.05, 0) is 205 Å². The molecule has 3 aromatic rings. The van der Waals surface area contributed by atoms with Crippen molar-refractivity contribution < 1.29 is 45.5 Å². The van der Waals surface area contributed by atoms with Crippen LogP contribution in [0.15, 0.2) is 0 Å². The summed E-state index contributed by atoms with van der Waals surface area (Å²) in [5, 5.41) is 109. The fourth-order valence-electron chi connectivity index (χ4n) is 17.8. The maximum absolute atomic E-state index is 13.5. The summed E-state index contributed by atoms with van der Waals surface area (Å²) in [7, 11) is 0. The maximum Gasteiger partial charge on any atom is 0.323 e. The fourth-order valence-corrected chi connectivity index (χ4v) is 17.8. The van der Waals surface area contributed by atoms with Gasteiger partial charge in [-0.1, -0.05) is 0 Å². The zero-order valence-electron chi connectivity index (χ0n) is 64.5. The second kappa shape index (κ2) is 28.3. The number of piperidine rings is 6. The molecule has 31 heteroatoms. The average Bonchev–Trinajstić information content (AvgIpc) is 0.802. The van der Waals surface area contributed by atoms with Gasteiger partial charge in [-0.2, -0.15) is 44.9 Å². The first-order valence-corrected chi connectivity index (χ1v) is 36.1. The van der Waals surface area contributed by atoms with Gasteiger partial charge in [-0.3, -0.25) is 4.90 Å². The fraction of sp³-hybridized carbons (Fsp3) is 0.870. The van der Waals surface area contributed by atoms with Gasteiger partial charge in [-0.15, -0.1) is 61.6 Å². The summed E-state index contributed by atoms with van der Waals surface area (Å²) in [5.41, 5.74) is -8.32. The van der Waals surface area contributed by atoms with Gasteiger partial charge < -0.3 is 46.1 Å². The molecule has 100 heavy (non-hydrogen) atoms. The van der Waals surface area contributed by atoms with Crippen LogP contribution in [0.25, 0.3) is 0 Å². The van der Waals surface area contributed by atoms with Gasteiger partial charge in [0.05, 0.1) is 0 Å². The Morgan fingerprint density at radius 3 is 0.640 bits per heavy atom. The van der Waals surface area contributed by atoms with Crippen molar-refractivity contribution in [2.75, 3.05) is 71.2 Å². The summed E-state index contributed by atoms with van der Waals surface area (Å²) in [6.07, 6.45) is 4.74. The highest BCUT2D eigenvalue weighted by atomic mass is 16.5. The molecule has 6 aliphatic rings. The number of hydrogen-bond donors (Lipinski definition) is 6. The van der Waals surface area contributed by atoms with E-state index in [1.807, 2.05) is 166 Å². The predicted molar refractivity (Wildman–Crippen MR) is 376 cm³/mol. The minimum Gasteiger partial charge on any atom is -0.460 e. The lowest BCUT2D eigenvalue weighted by Crippen LogP contribution is -2.60. The van der Waals surface area contributed by atoms with E-state index in [4.69, 9.17) is 59.1 Å². The molecule has 9 heterocycles. The lowest BCUT2D eigenvalue weighted by molar-refractivity contribution is -0.297. The van der Waals surface area contributed by atoms with E-state index in [1.165, 1.54) is 15.2 Å². The van der Waals surface area contributed by atoms with E-state index in [9.17, 15) is 31.2 Å². The van der Waals surface area contributed by atoms with Crippen LogP contribution in [0.5, 0.6) is 18.0 Å². The lowest BCUT2D eigenvalue weighted by atomic mass is 9.79. The number of hydroxylamine groups is 12. The summed E-state index contributed by atoms with van der Waals surface area (Å²) in [4.78, 5) is 46.0. The lowest BCUT2D eigenvalue weighted by Gasteiger charge is -2.50. The zero-order chi connectivity index (χ0) is 74.2. The number of aromatic nitrogens is 9. The van der Waals surface area contributed by atoms with Crippen molar-refractivity contribution in [1.29, 1.82) is 0 Å². The van der Waals surface area contributed by atoms with Crippen molar-refractivity contribution in [3.63, 3.8) is 0 Å². The third kappa shape index (κ3) is 18.6. The largest absolute Gasteiger partial charge is 0.460 e. The first kappa shape index (κ1) is 78.8. The molecule has 31 nitrogen and oxygen atoms in total. The van der Waals surface area contributed by atoms with Crippen molar-refractivity contribution in [2.24, 2.45) is 0 Å². The molecule has 3 aromatic heterocycles. The molecule has 6 N–H and O–H groups in total. The van der Waals surface area contributed by atoms with Crippen LogP contribution >= 0.6 is 0 Å². The normalized spacial score (nSPS) is 25.8. The van der Waals surface area contributed by atoms with Crippen LogP contribution in [-0.4, -0.2) is 222 Å². The Hall–Kier alpha value is -5.29. The van der Waals surface area contributed by atoms with Crippen LogP contribution in [0.4, 0.5) is 35.7 Å². The van der Waals surface area contributed by atoms with Crippen molar-refractivity contribution in [2.45, 2.75) is 346 Å². The SMILES string of the molecule is CC1(C)CC(Nc2nc(NCCN(CCNc3nc(NC4CC(C)(C)N([O])C(C)(C)C4)nc(OC4CC(C)(C)N([O])C(C)(C)C4)n3)CCNc3nc(NC4CC(C)(C)N([O])C(C)(C)C4)nc(OC4CC(C)(C)N([O])C(C)(C)C4)n3)nc(OC3CC(C)(C)N([O])C(C)(C)C3)n2)CC(C)(C)N1[O]. The second-order valence-electron chi connectivity index (χ2n) is 37.1. The maximum atomic E-state index is 13.5. The van der Waals surface area contributed by atoms with E-state index in [0.717, 1.165) is 15.2 Å². The van der Waals surface area contributed by atoms with Gasteiger partial charge in [0.1, 0.15) is 18.3 Å². The Morgan fingerprint density at radius 2 is 0.450 bits per heavy atom. The number of anilines is 6. The molecule has 560 valence electrons. The molecule has 6 fully saturated rings. The van der Waals surface area contributed by atoms with Gasteiger partial charge in [0.25, 0.3) is 0 Å². The van der Waals surface area contributed by atoms with Gasteiger partial charge in [0.2, 0.25) is 35.7 Å². The minimum atomic E-state index is -0.717. The van der Waals surface area contributed by atoms with E-state index in [-0.39, 0.29) is 90.2 Å². The second-order valence-corrected chi connectivity index (χ2v) is 37.1. The molecule has 9 rings (SSSR count). The molecule has 0 saturated carbocycles. The van der Waals surface area contributed by atoms with E-state index in [1.54, 1.807) is 0 Å². The summed E-state index contributed by atoms with van der Waals surface area (Å²) in [6.45, 7) is 48.7. The molecule has 0 unspecified atom stereocenters. The molecule has 0 spiro atoms. The van der Waals surface area contributed by atoms with Gasteiger partial charge in [0.15, 0.2) is 0 Å². The van der Waals surface area contributed by atoms with E-state index >= 15 is 0 Å². The first-order valence-electron chi connectivity index (χ1n) is 36.1. The molecule has 0 atom stereocenters. The Labute approximate surface area is 594 Å². The van der Waals surface area contributed by atoms with Crippen molar-refractivity contribution in [3.8, 4) is 18.0 Å². The first-order chi connectivity index (χ1) is 45.8. The van der Waals surface area contributed by atoms with E-state index < -0.39 is 66.5 Å². The van der Waals surface area contributed by atoms with Crippen LogP contribution in [0.3, 0.4) is 0 Å². The van der Waals surface area contributed by atoms with Crippen LogP contribution in [0.1, 0.15) is 243 Å². The number of hydrogen-bond acceptors (Lipinski definition) is 25. The molecule has 6 radical (unpaired) electrons. The number of rotatable bonds is 24. The molecule has 6 aliphatic heterocycles. The summed E-state index contributed by atoms with van der Waals surface area (Å²) in [6, 6.07) is -0.176. The molecule has 0 aliphatic carbocycles. The average molecular weight is 1400 g/mol. The minimum absolute atomic E-state index is 0.100. The van der Waals surface area contributed by atoms with Crippen LogP contribution < -0.4 is 46.1 Å². The van der Waals surface area contributed by atoms with Crippen LogP contribution in [-0.2, 0) is 31.2 Å². The molecule has 0 bridgehead atoms. The van der Waals surface area contributed by atoms with Gasteiger partial charge in [0, 0.05) is 162 Å². The van der Waals surface area contributed by atoms with Gasteiger partial charge >= 0.3 is 18.0 Å². The van der Waals surface area contributed by atoms with Gasteiger partial charge in [-0.25, -0.2) is 0 Å². The Balaban J connectivity index is 1.00. The van der Waals surface area contributed by atoms with Crippen molar-refractivity contribution in [1.82, 2.24) is 80.1 Å². The Morgan fingerprint density at radius 1 is 0.280 bits per heavy atom. The third-order valence-electron chi connectivity index (χ3n) is 21.2.